The minimum absolute atomic E-state index is 0.00145. The van der Waals surface area contributed by atoms with Crippen LogP contribution < -0.4 is 10.1 Å². The average molecular weight is 337 g/mol. The lowest BCUT2D eigenvalue weighted by Gasteiger charge is -2.20. The Morgan fingerprint density at radius 2 is 1.88 bits per heavy atom. The normalized spacial score (nSPS) is 11.5. The molecule has 0 spiro atoms. The Morgan fingerprint density at radius 3 is 2.38 bits per heavy atom. The van der Waals surface area contributed by atoms with Crippen molar-refractivity contribution in [3.63, 3.8) is 0 Å². The lowest BCUT2D eigenvalue weighted by molar-refractivity contribution is 0.0528. The zero-order chi connectivity index (χ0) is 18.3. The van der Waals surface area contributed by atoms with Gasteiger partial charge in [-0.3, -0.25) is 0 Å². The molecule has 1 rings (SSSR count). The molecule has 0 saturated heterocycles. The van der Waals surface area contributed by atoms with Crippen molar-refractivity contribution in [2.75, 3.05) is 13.7 Å². The SMILES string of the molecule is COc1cc(CC(C)C)c(CO)cc1CCNC(=O)OC(C)(C)C. The smallest absolute Gasteiger partial charge is 0.407 e. The van der Waals surface area contributed by atoms with Gasteiger partial charge in [0.25, 0.3) is 0 Å². The van der Waals surface area contributed by atoms with Gasteiger partial charge < -0.3 is 19.9 Å². The Hall–Kier alpha value is -1.75. The highest BCUT2D eigenvalue weighted by Gasteiger charge is 2.16. The van der Waals surface area contributed by atoms with Crippen molar-refractivity contribution < 1.29 is 19.4 Å². The summed E-state index contributed by atoms with van der Waals surface area (Å²) >= 11 is 0. The summed E-state index contributed by atoms with van der Waals surface area (Å²) in [4.78, 5) is 11.7. The van der Waals surface area contributed by atoms with Gasteiger partial charge in [-0.25, -0.2) is 4.79 Å². The number of carbonyl (C=O) groups excluding carboxylic acids is 1. The summed E-state index contributed by atoms with van der Waals surface area (Å²) < 4.78 is 10.7. The quantitative estimate of drug-likeness (QED) is 0.799. The van der Waals surface area contributed by atoms with Gasteiger partial charge in [-0.05, 0) is 68.4 Å². The summed E-state index contributed by atoms with van der Waals surface area (Å²) in [6, 6.07) is 3.96. The molecule has 0 fully saturated rings. The van der Waals surface area contributed by atoms with Crippen molar-refractivity contribution >= 4 is 6.09 Å². The highest BCUT2D eigenvalue weighted by atomic mass is 16.6. The number of hydrogen-bond donors (Lipinski definition) is 2. The van der Waals surface area contributed by atoms with Crippen LogP contribution >= 0.6 is 0 Å². The summed E-state index contributed by atoms with van der Waals surface area (Å²) in [6.45, 7) is 10.2. The fourth-order valence-electron chi connectivity index (χ4n) is 2.49. The number of hydrogen-bond acceptors (Lipinski definition) is 4. The van der Waals surface area contributed by atoms with Crippen molar-refractivity contribution in [2.45, 2.75) is 59.7 Å². The summed E-state index contributed by atoms with van der Waals surface area (Å²) in [7, 11) is 1.64. The van der Waals surface area contributed by atoms with Crippen molar-refractivity contribution in [2.24, 2.45) is 5.92 Å². The Balaban J connectivity index is 2.78. The van der Waals surface area contributed by atoms with Gasteiger partial charge in [0.05, 0.1) is 13.7 Å². The maximum absolute atomic E-state index is 11.7. The third-order valence-electron chi connectivity index (χ3n) is 3.46. The summed E-state index contributed by atoms with van der Waals surface area (Å²) in [5.74, 6) is 1.29. The number of rotatable bonds is 7. The maximum atomic E-state index is 11.7. The van der Waals surface area contributed by atoms with E-state index >= 15 is 0 Å². The molecule has 0 aliphatic heterocycles. The molecule has 1 aromatic carbocycles. The summed E-state index contributed by atoms with van der Waals surface area (Å²) in [5, 5.41) is 12.4. The zero-order valence-corrected chi connectivity index (χ0v) is 15.7. The number of aliphatic hydroxyl groups is 1. The second-order valence-corrected chi connectivity index (χ2v) is 7.37. The van der Waals surface area contributed by atoms with Gasteiger partial charge in [0.2, 0.25) is 0 Å². The topological polar surface area (TPSA) is 67.8 Å². The predicted octanol–water partition coefficient (Wildman–Crippen LogP) is 3.45. The molecule has 0 atom stereocenters. The van der Waals surface area contributed by atoms with E-state index in [-0.39, 0.29) is 6.61 Å². The number of aliphatic hydroxyl groups excluding tert-OH is 1. The third-order valence-corrected chi connectivity index (χ3v) is 3.46. The monoisotopic (exact) mass is 337 g/mol. The van der Waals surface area contributed by atoms with E-state index in [1.165, 1.54) is 0 Å². The van der Waals surface area contributed by atoms with Crippen molar-refractivity contribution in [1.82, 2.24) is 5.32 Å². The van der Waals surface area contributed by atoms with Crippen LogP contribution in [0, 0.1) is 5.92 Å². The molecule has 1 aromatic rings. The van der Waals surface area contributed by atoms with Crippen LogP contribution in [-0.4, -0.2) is 30.5 Å². The van der Waals surface area contributed by atoms with E-state index in [4.69, 9.17) is 9.47 Å². The van der Waals surface area contributed by atoms with E-state index in [0.717, 1.165) is 28.9 Å². The van der Waals surface area contributed by atoms with Crippen LogP contribution in [0.1, 0.15) is 51.3 Å². The Morgan fingerprint density at radius 1 is 1.21 bits per heavy atom. The van der Waals surface area contributed by atoms with Gasteiger partial charge in [0, 0.05) is 6.54 Å². The van der Waals surface area contributed by atoms with Crippen LogP contribution in [0.15, 0.2) is 12.1 Å². The molecular weight excluding hydrogens is 306 g/mol. The molecule has 0 saturated carbocycles. The summed E-state index contributed by atoms with van der Waals surface area (Å²) in [6.07, 6.45) is 1.07. The number of alkyl carbamates (subject to hydrolysis) is 1. The lowest BCUT2D eigenvalue weighted by Crippen LogP contribution is -2.33. The minimum atomic E-state index is -0.510. The van der Waals surface area contributed by atoms with Gasteiger partial charge in [0.1, 0.15) is 11.4 Å². The van der Waals surface area contributed by atoms with Crippen LogP contribution in [0.2, 0.25) is 0 Å². The van der Waals surface area contributed by atoms with E-state index in [0.29, 0.717) is 18.9 Å². The van der Waals surface area contributed by atoms with Gasteiger partial charge >= 0.3 is 6.09 Å². The molecule has 0 aliphatic rings. The molecule has 136 valence electrons. The van der Waals surface area contributed by atoms with E-state index in [9.17, 15) is 9.90 Å². The van der Waals surface area contributed by atoms with Gasteiger partial charge in [-0.2, -0.15) is 0 Å². The van der Waals surface area contributed by atoms with E-state index < -0.39 is 11.7 Å². The first-order valence-electron chi connectivity index (χ1n) is 8.42. The Kier molecular flexibility index (Phi) is 7.55. The summed E-state index contributed by atoms with van der Waals surface area (Å²) in [5.41, 5.74) is 2.47. The molecule has 2 N–H and O–H groups in total. The van der Waals surface area contributed by atoms with Crippen LogP contribution in [0.3, 0.4) is 0 Å². The average Bonchev–Trinajstić information content (AvgIpc) is 2.45. The molecule has 0 bridgehead atoms. The standard InChI is InChI=1S/C19H31NO4/c1-13(2)9-15-11-17(23-6)14(10-16(15)12-21)7-8-20-18(22)24-19(3,4)5/h10-11,13,21H,7-9,12H2,1-6H3,(H,20,22). The van der Waals surface area contributed by atoms with Gasteiger partial charge in [0.15, 0.2) is 0 Å². The van der Waals surface area contributed by atoms with Crippen molar-refractivity contribution in [3.8, 4) is 5.75 Å². The third kappa shape index (κ3) is 6.79. The number of nitrogens with one attached hydrogen (secondary N) is 1. The Labute approximate surface area is 145 Å². The first-order valence-corrected chi connectivity index (χ1v) is 8.42. The first-order chi connectivity index (χ1) is 11.2. The molecule has 0 heterocycles. The second kappa shape index (κ2) is 8.92. The van der Waals surface area contributed by atoms with Crippen LogP contribution in [0.25, 0.3) is 0 Å². The van der Waals surface area contributed by atoms with Crippen molar-refractivity contribution in [3.05, 3.63) is 28.8 Å². The number of carbonyl (C=O) groups is 1. The molecule has 24 heavy (non-hydrogen) atoms. The molecular formula is C19H31NO4. The molecule has 0 aromatic heterocycles. The lowest BCUT2D eigenvalue weighted by atomic mass is 9.95. The first kappa shape index (κ1) is 20.3. The second-order valence-electron chi connectivity index (χ2n) is 7.37. The fraction of sp³-hybridized carbons (Fsp3) is 0.632. The highest BCUT2D eigenvalue weighted by molar-refractivity contribution is 5.67. The predicted molar refractivity (Wildman–Crippen MR) is 95.4 cm³/mol. The largest absolute Gasteiger partial charge is 0.496 e. The molecule has 0 unspecified atom stereocenters. The minimum Gasteiger partial charge on any atom is -0.496 e. The van der Waals surface area contributed by atoms with Crippen LogP contribution in [-0.2, 0) is 24.2 Å². The zero-order valence-electron chi connectivity index (χ0n) is 15.7. The van der Waals surface area contributed by atoms with E-state index in [1.807, 2.05) is 32.9 Å². The van der Waals surface area contributed by atoms with Crippen molar-refractivity contribution in [1.29, 1.82) is 0 Å². The molecule has 5 nitrogen and oxygen atoms in total. The Bertz CT molecular complexity index is 547. The van der Waals surface area contributed by atoms with Crippen LogP contribution in [0.5, 0.6) is 5.75 Å². The molecule has 1 amide bonds. The molecule has 0 aliphatic carbocycles. The van der Waals surface area contributed by atoms with Gasteiger partial charge in [-0.1, -0.05) is 13.8 Å². The highest BCUT2D eigenvalue weighted by Crippen LogP contribution is 2.26. The van der Waals surface area contributed by atoms with E-state index in [2.05, 4.69) is 19.2 Å². The van der Waals surface area contributed by atoms with E-state index in [1.54, 1.807) is 7.11 Å². The number of ether oxygens (including phenoxy) is 2. The number of methoxy groups -OCH3 is 1. The number of amides is 1. The fourth-order valence-corrected chi connectivity index (χ4v) is 2.49. The van der Waals surface area contributed by atoms with Gasteiger partial charge in [-0.15, -0.1) is 0 Å². The number of benzene rings is 1. The van der Waals surface area contributed by atoms with Crippen LogP contribution in [0.4, 0.5) is 4.79 Å². The maximum Gasteiger partial charge on any atom is 0.407 e. The molecule has 5 heteroatoms. The molecule has 0 radical (unpaired) electrons.